The summed E-state index contributed by atoms with van der Waals surface area (Å²) in [6.07, 6.45) is -0.131. The maximum absolute atomic E-state index is 13.3. The number of ether oxygens (including phenoxy) is 2. The number of pyridine rings is 1. The van der Waals surface area contributed by atoms with Crippen molar-refractivity contribution in [3.8, 4) is 0 Å². The topological polar surface area (TPSA) is 72.0 Å². The summed E-state index contributed by atoms with van der Waals surface area (Å²) in [5.41, 5.74) is 0.734. The highest BCUT2D eigenvalue weighted by Gasteiger charge is 2.56. The molecule has 0 bridgehead atoms. The van der Waals surface area contributed by atoms with Crippen LogP contribution in [0.5, 0.6) is 0 Å². The maximum atomic E-state index is 13.3. The van der Waals surface area contributed by atoms with E-state index in [0.29, 0.717) is 37.8 Å². The standard InChI is InChI=1S/C23H30F3N3O4/c1-3-15-10-19(15)29(21(31)23(24,25)26)18-11-22(33-14-18)6-8-28(9-7-22)13-17-5-4-16(12-27-17)20(30)32-2/h4-5,12,15,18-19H,3,6-11,13-14H2,1-2H3/t15-,18?,19-/m1/s1. The monoisotopic (exact) mass is 469 g/mol. The van der Waals surface area contributed by atoms with Crippen molar-refractivity contribution in [3.63, 3.8) is 0 Å². The number of piperidine rings is 1. The first kappa shape index (κ1) is 23.9. The number of carbonyl (C=O) groups is 2. The molecule has 33 heavy (non-hydrogen) atoms. The molecule has 1 unspecified atom stereocenters. The van der Waals surface area contributed by atoms with E-state index in [1.165, 1.54) is 13.3 Å². The summed E-state index contributed by atoms with van der Waals surface area (Å²) in [4.78, 5) is 31.4. The molecule has 3 aliphatic rings. The lowest BCUT2D eigenvalue weighted by atomic mass is 9.87. The minimum absolute atomic E-state index is 0.146. The van der Waals surface area contributed by atoms with Gasteiger partial charge in [0.25, 0.3) is 0 Å². The summed E-state index contributed by atoms with van der Waals surface area (Å²) in [6.45, 7) is 4.16. The molecule has 2 saturated heterocycles. The number of methoxy groups -OCH3 is 1. The zero-order chi connectivity index (χ0) is 23.8. The van der Waals surface area contributed by atoms with E-state index in [4.69, 9.17) is 4.74 Å². The summed E-state index contributed by atoms with van der Waals surface area (Å²) in [6, 6.07) is 2.61. The van der Waals surface area contributed by atoms with Crippen molar-refractivity contribution in [2.75, 3.05) is 26.8 Å². The number of alkyl halides is 3. The Kier molecular flexibility index (Phi) is 6.68. The van der Waals surface area contributed by atoms with Crippen molar-refractivity contribution in [3.05, 3.63) is 29.6 Å². The zero-order valence-corrected chi connectivity index (χ0v) is 18.9. The van der Waals surface area contributed by atoms with E-state index in [0.717, 1.165) is 30.1 Å². The summed E-state index contributed by atoms with van der Waals surface area (Å²) < 4.78 is 50.6. The highest BCUT2D eigenvalue weighted by Crippen LogP contribution is 2.45. The lowest BCUT2D eigenvalue weighted by molar-refractivity contribution is -0.188. The zero-order valence-electron chi connectivity index (χ0n) is 18.9. The van der Waals surface area contributed by atoms with Crippen LogP contribution in [0.3, 0.4) is 0 Å². The number of esters is 1. The lowest BCUT2D eigenvalue weighted by Crippen LogP contribution is -2.50. The average Bonchev–Trinajstić information content (AvgIpc) is 3.47. The molecule has 7 nitrogen and oxygen atoms in total. The molecule has 0 aromatic carbocycles. The second-order valence-electron chi connectivity index (χ2n) is 9.34. The first-order chi connectivity index (χ1) is 15.7. The number of nitrogens with zero attached hydrogens (tertiary/aromatic N) is 3. The lowest BCUT2D eigenvalue weighted by Gasteiger charge is -2.39. The van der Waals surface area contributed by atoms with E-state index in [2.05, 4.69) is 14.6 Å². The van der Waals surface area contributed by atoms with Gasteiger partial charge in [-0.2, -0.15) is 13.2 Å². The fourth-order valence-electron chi connectivity index (χ4n) is 5.20. The van der Waals surface area contributed by atoms with Crippen molar-refractivity contribution in [1.29, 1.82) is 0 Å². The molecule has 4 rings (SSSR count). The fraction of sp³-hybridized carbons (Fsp3) is 0.696. The smallest absolute Gasteiger partial charge is 0.465 e. The van der Waals surface area contributed by atoms with Gasteiger partial charge in [-0.3, -0.25) is 14.7 Å². The Morgan fingerprint density at radius 2 is 2.03 bits per heavy atom. The van der Waals surface area contributed by atoms with Gasteiger partial charge < -0.3 is 14.4 Å². The molecule has 3 fully saturated rings. The molecule has 1 aromatic rings. The summed E-state index contributed by atoms with van der Waals surface area (Å²) in [7, 11) is 1.32. The Morgan fingerprint density at radius 3 is 2.58 bits per heavy atom. The largest absolute Gasteiger partial charge is 0.471 e. The number of hydrogen-bond acceptors (Lipinski definition) is 6. The van der Waals surface area contributed by atoms with Crippen molar-refractivity contribution < 1.29 is 32.2 Å². The number of hydrogen-bond donors (Lipinski definition) is 0. The SMILES string of the molecule is CC[C@@H]1C[C@H]1N(C(=O)C(F)(F)F)C1COC2(CCN(Cc3ccc(C(=O)OC)cn3)CC2)C1. The van der Waals surface area contributed by atoms with E-state index in [1.54, 1.807) is 12.1 Å². The van der Waals surface area contributed by atoms with Gasteiger partial charge in [-0.05, 0) is 43.7 Å². The molecule has 182 valence electrons. The van der Waals surface area contributed by atoms with Gasteiger partial charge in [0.1, 0.15) is 0 Å². The molecule has 1 aromatic heterocycles. The van der Waals surface area contributed by atoms with E-state index in [-0.39, 0.29) is 18.6 Å². The van der Waals surface area contributed by atoms with Gasteiger partial charge in [0.15, 0.2) is 0 Å². The molecule has 2 aliphatic heterocycles. The Hall–Kier alpha value is -2.20. The quantitative estimate of drug-likeness (QED) is 0.596. The minimum Gasteiger partial charge on any atom is -0.465 e. The van der Waals surface area contributed by atoms with Crippen LogP contribution in [0.1, 0.15) is 55.1 Å². The number of halogens is 3. The van der Waals surface area contributed by atoms with Crippen LogP contribution in [0.15, 0.2) is 18.3 Å². The van der Waals surface area contributed by atoms with Gasteiger partial charge in [-0.1, -0.05) is 13.3 Å². The van der Waals surface area contributed by atoms with Gasteiger partial charge in [0.2, 0.25) is 0 Å². The van der Waals surface area contributed by atoms with Gasteiger partial charge >= 0.3 is 18.1 Å². The maximum Gasteiger partial charge on any atom is 0.471 e. The number of amides is 1. The van der Waals surface area contributed by atoms with Gasteiger partial charge in [-0.25, -0.2) is 4.79 Å². The highest BCUT2D eigenvalue weighted by molar-refractivity contribution is 5.88. The predicted molar refractivity (Wildman–Crippen MR) is 112 cm³/mol. The van der Waals surface area contributed by atoms with Crippen LogP contribution >= 0.6 is 0 Å². The predicted octanol–water partition coefficient (Wildman–Crippen LogP) is 3.18. The van der Waals surface area contributed by atoms with Gasteiger partial charge in [0.05, 0.1) is 36.6 Å². The van der Waals surface area contributed by atoms with Crippen molar-refractivity contribution in [2.24, 2.45) is 5.92 Å². The van der Waals surface area contributed by atoms with Crippen molar-refractivity contribution in [2.45, 2.75) is 69.4 Å². The van der Waals surface area contributed by atoms with Crippen LogP contribution in [0, 0.1) is 5.92 Å². The van der Waals surface area contributed by atoms with E-state index >= 15 is 0 Å². The third-order valence-electron chi connectivity index (χ3n) is 7.23. The first-order valence-corrected chi connectivity index (χ1v) is 11.4. The molecule has 3 heterocycles. The highest BCUT2D eigenvalue weighted by atomic mass is 19.4. The van der Waals surface area contributed by atoms with Crippen LogP contribution < -0.4 is 0 Å². The van der Waals surface area contributed by atoms with Crippen LogP contribution in [0.2, 0.25) is 0 Å². The third-order valence-corrected chi connectivity index (χ3v) is 7.23. The van der Waals surface area contributed by atoms with Gasteiger partial charge in [0, 0.05) is 31.9 Å². The minimum atomic E-state index is -4.86. The fourth-order valence-corrected chi connectivity index (χ4v) is 5.20. The third kappa shape index (κ3) is 5.16. The molecule has 0 N–H and O–H groups in total. The molecule has 1 saturated carbocycles. The molecular weight excluding hydrogens is 439 g/mol. The average molecular weight is 470 g/mol. The number of carbonyl (C=O) groups excluding carboxylic acids is 2. The number of aromatic nitrogens is 1. The van der Waals surface area contributed by atoms with Crippen LogP contribution in [-0.2, 0) is 20.8 Å². The van der Waals surface area contributed by atoms with E-state index < -0.39 is 29.7 Å². The molecule has 10 heteroatoms. The Morgan fingerprint density at radius 1 is 1.30 bits per heavy atom. The van der Waals surface area contributed by atoms with E-state index in [9.17, 15) is 22.8 Å². The van der Waals surface area contributed by atoms with Crippen LogP contribution in [0.4, 0.5) is 13.2 Å². The summed E-state index contributed by atoms with van der Waals surface area (Å²) in [5.74, 6) is -2.02. The second kappa shape index (κ2) is 9.21. The summed E-state index contributed by atoms with van der Waals surface area (Å²) >= 11 is 0. The normalized spacial score (nSPS) is 26.9. The summed E-state index contributed by atoms with van der Waals surface area (Å²) in [5, 5.41) is 0. The molecule has 1 amide bonds. The Bertz CT molecular complexity index is 869. The molecule has 0 radical (unpaired) electrons. The number of rotatable bonds is 6. The van der Waals surface area contributed by atoms with Crippen LogP contribution in [-0.4, -0.2) is 77.3 Å². The number of likely N-dealkylation sites (tertiary alicyclic amines) is 1. The molecule has 1 spiro atoms. The molecule has 1 aliphatic carbocycles. The van der Waals surface area contributed by atoms with Crippen molar-refractivity contribution in [1.82, 2.24) is 14.8 Å². The van der Waals surface area contributed by atoms with Crippen LogP contribution in [0.25, 0.3) is 0 Å². The van der Waals surface area contributed by atoms with E-state index in [1.807, 2.05) is 6.92 Å². The van der Waals surface area contributed by atoms with Gasteiger partial charge in [-0.15, -0.1) is 0 Å². The Labute approximate surface area is 191 Å². The second-order valence-corrected chi connectivity index (χ2v) is 9.34. The Balaban J connectivity index is 1.34. The first-order valence-electron chi connectivity index (χ1n) is 11.4. The van der Waals surface area contributed by atoms with Crippen molar-refractivity contribution >= 4 is 11.9 Å². The molecule has 3 atom stereocenters. The molecular formula is C23H30F3N3O4.